The predicted molar refractivity (Wildman–Crippen MR) is 110 cm³/mol. The Morgan fingerprint density at radius 2 is 1.50 bits per heavy atom. The highest BCUT2D eigenvalue weighted by molar-refractivity contribution is 5.95. The molecule has 0 aliphatic rings. The monoisotopic (exact) mass is 353 g/mol. The molecule has 26 heavy (non-hydrogen) atoms. The summed E-state index contributed by atoms with van der Waals surface area (Å²) in [5, 5.41) is 9.91. The Hall–Kier alpha value is -2.29. The van der Waals surface area contributed by atoms with Crippen LogP contribution in [0.5, 0.6) is 0 Å². The van der Waals surface area contributed by atoms with E-state index in [0.29, 0.717) is 5.69 Å². The van der Waals surface area contributed by atoms with E-state index in [1.807, 2.05) is 42.5 Å². The molecule has 0 spiro atoms. The summed E-state index contributed by atoms with van der Waals surface area (Å²) in [5.74, 6) is 0. The summed E-state index contributed by atoms with van der Waals surface area (Å²) < 4.78 is 0. The third-order valence-corrected chi connectivity index (χ3v) is 4.77. The Morgan fingerprint density at radius 3 is 2.12 bits per heavy atom. The minimum Gasteiger partial charge on any atom is -0.464 e. The van der Waals surface area contributed by atoms with Crippen LogP contribution in [0.4, 0.5) is 16.2 Å². The first-order chi connectivity index (χ1) is 12.7. The number of carbonyl (C=O) groups is 1. The fraction of sp³-hybridized carbons (Fsp3) is 0.435. The molecule has 0 saturated heterocycles. The van der Waals surface area contributed by atoms with Gasteiger partial charge < -0.3 is 5.11 Å². The summed E-state index contributed by atoms with van der Waals surface area (Å²) >= 11 is 0. The van der Waals surface area contributed by atoms with Crippen molar-refractivity contribution in [2.75, 3.05) is 4.90 Å². The highest BCUT2D eigenvalue weighted by Crippen LogP contribution is 2.32. The van der Waals surface area contributed by atoms with E-state index in [0.717, 1.165) is 37.8 Å². The van der Waals surface area contributed by atoms with E-state index in [-0.39, 0.29) is 0 Å². The van der Waals surface area contributed by atoms with Crippen molar-refractivity contribution in [3.8, 4) is 0 Å². The Labute approximate surface area is 157 Å². The zero-order chi connectivity index (χ0) is 18.8. The van der Waals surface area contributed by atoms with E-state index < -0.39 is 6.09 Å². The molecule has 2 aromatic carbocycles. The van der Waals surface area contributed by atoms with Gasteiger partial charge in [0.05, 0.1) is 11.4 Å². The quantitative estimate of drug-likeness (QED) is 0.469. The zero-order valence-electron chi connectivity index (χ0n) is 16.1. The molecule has 0 radical (unpaired) electrons. The molecule has 1 amide bonds. The average molecular weight is 354 g/mol. The smallest absolute Gasteiger partial charge is 0.416 e. The molecule has 2 rings (SSSR count). The lowest BCUT2D eigenvalue weighted by Crippen LogP contribution is -2.25. The van der Waals surface area contributed by atoms with Crippen molar-refractivity contribution in [2.24, 2.45) is 0 Å². The van der Waals surface area contributed by atoms with E-state index in [1.54, 1.807) is 0 Å². The maximum Gasteiger partial charge on any atom is 0.416 e. The van der Waals surface area contributed by atoms with Gasteiger partial charge >= 0.3 is 6.09 Å². The van der Waals surface area contributed by atoms with Gasteiger partial charge in [-0.3, -0.25) is 0 Å². The standard InChI is InChI=1S/C23H31NO2/c1-3-5-8-13-19-14-12-18-22(21(19)17-9-6-4-2)24(23(25)26)20-15-10-7-11-16-20/h7,10-12,14-16,18H,3-6,8-9,13,17H2,1-2H3,(H,25,26). The van der Waals surface area contributed by atoms with E-state index in [4.69, 9.17) is 0 Å². The second kappa shape index (κ2) is 10.6. The van der Waals surface area contributed by atoms with Crippen LogP contribution in [0.3, 0.4) is 0 Å². The highest BCUT2D eigenvalue weighted by Gasteiger charge is 2.21. The van der Waals surface area contributed by atoms with Crippen LogP contribution in [0, 0.1) is 0 Å². The number of hydrogen-bond acceptors (Lipinski definition) is 1. The van der Waals surface area contributed by atoms with Crippen molar-refractivity contribution in [1.82, 2.24) is 0 Å². The number of nitrogens with zero attached hydrogens (tertiary/aromatic N) is 1. The second-order valence-electron chi connectivity index (χ2n) is 6.78. The van der Waals surface area contributed by atoms with Crippen LogP contribution in [0.15, 0.2) is 48.5 Å². The Kier molecular flexibility index (Phi) is 8.20. The number of para-hydroxylation sites is 1. The van der Waals surface area contributed by atoms with Crippen molar-refractivity contribution in [3.05, 3.63) is 59.7 Å². The first-order valence-corrected chi connectivity index (χ1v) is 9.87. The molecule has 0 bridgehead atoms. The predicted octanol–water partition coefficient (Wildman–Crippen LogP) is 6.97. The third-order valence-electron chi connectivity index (χ3n) is 4.77. The molecule has 0 saturated carbocycles. The van der Waals surface area contributed by atoms with Gasteiger partial charge in [-0.1, -0.05) is 69.9 Å². The molecule has 0 aliphatic heterocycles. The van der Waals surface area contributed by atoms with Crippen LogP contribution < -0.4 is 4.90 Å². The molecule has 2 aromatic rings. The third kappa shape index (κ3) is 5.35. The second-order valence-corrected chi connectivity index (χ2v) is 6.78. The largest absolute Gasteiger partial charge is 0.464 e. The summed E-state index contributed by atoms with van der Waals surface area (Å²) in [6, 6.07) is 15.5. The fourth-order valence-corrected chi connectivity index (χ4v) is 3.40. The number of rotatable bonds is 10. The van der Waals surface area contributed by atoms with Crippen LogP contribution in [0.2, 0.25) is 0 Å². The summed E-state index contributed by atoms with van der Waals surface area (Å²) in [6.45, 7) is 4.40. The molecule has 0 fully saturated rings. The van der Waals surface area contributed by atoms with Gasteiger partial charge in [0.2, 0.25) is 0 Å². The van der Waals surface area contributed by atoms with Gasteiger partial charge in [0.1, 0.15) is 0 Å². The minimum absolute atomic E-state index is 0.697. The molecule has 3 heteroatoms. The highest BCUT2D eigenvalue weighted by atomic mass is 16.4. The number of anilines is 2. The van der Waals surface area contributed by atoms with Gasteiger partial charge in [0, 0.05) is 0 Å². The lowest BCUT2D eigenvalue weighted by Gasteiger charge is -2.24. The van der Waals surface area contributed by atoms with Gasteiger partial charge in [0.25, 0.3) is 0 Å². The number of hydrogen-bond donors (Lipinski definition) is 1. The molecule has 3 nitrogen and oxygen atoms in total. The van der Waals surface area contributed by atoms with Gasteiger partial charge in [-0.15, -0.1) is 0 Å². The summed E-state index contributed by atoms with van der Waals surface area (Å²) in [6.07, 6.45) is 7.99. The maximum atomic E-state index is 12.1. The minimum atomic E-state index is -0.932. The topological polar surface area (TPSA) is 40.5 Å². The van der Waals surface area contributed by atoms with Crippen molar-refractivity contribution in [3.63, 3.8) is 0 Å². The number of aryl methyl sites for hydroxylation is 1. The first kappa shape index (κ1) is 20.0. The van der Waals surface area contributed by atoms with Crippen LogP contribution in [0.25, 0.3) is 0 Å². The lowest BCUT2D eigenvalue weighted by molar-refractivity contribution is 0.204. The van der Waals surface area contributed by atoms with Crippen molar-refractivity contribution >= 4 is 17.5 Å². The molecular formula is C23H31NO2. The van der Waals surface area contributed by atoms with Gasteiger partial charge in [-0.2, -0.15) is 0 Å². The van der Waals surface area contributed by atoms with Crippen molar-refractivity contribution < 1.29 is 9.90 Å². The van der Waals surface area contributed by atoms with Gasteiger partial charge in [-0.25, -0.2) is 9.69 Å². The van der Waals surface area contributed by atoms with Gasteiger partial charge in [0.15, 0.2) is 0 Å². The summed E-state index contributed by atoms with van der Waals surface area (Å²) in [5.41, 5.74) is 4.01. The molecule has 0 aromatic heterocycles. The summed E-state index contributed by atoms with van der Waals surface area (Å²) in [7, 11) is 0. The molecule has 140 valence electrons. The van der Waals surface area contributed by atoms with Crippen molar-refractivity contribution in [2.45, 2.75) is 65.2 Å². The SMILES string of the molecule is CCCCCc1cccc(N(C(=O)O)c2ccccc2)c1CCCCC. The number of benzene rings is 2. The molecule has 0 unspecified atom stereocenters. The van der Waals surface area contributed by atoms with E-state index >= 15 is 0 Å². The molecule has 0 atom stereocenters. The van der Waals surface area contributed by atoms with E-state index in [2.05, 4.69) is 19.9 Å². The van der Waals surface area contributed by atoms with Gasteiger partial charge in [-0.05, 0) is 55.0 Å². The Bertz CT molecular complexity index is 682. The van der Waals surface area contributed by atoms with Crippen LogP contribution >= 0.6 is 0 Å². The molecular weight excluding hydrogens is 322 g/mol. The molecule has 0 heterocycles. The van der Waals surface area contributed by atoms with Crippen LogP contribution in [-0.2, 0) is 12.8 Å². The number of unbranched alkanes of at least 4 members (excludes halogenated alkanes) is 4. The van der Waals surface area contributed by atoms with Crippen molar-refractivity contribution in [1.29, 1.82) is 0 Å². The fourth-order valence-electron chi connectivity index (χ4n) is 3.40. The average Bonchev–Trinajstić information content (AvgIpc) is 2.64. The Balaban J connectivity index is 2.43. The Morgan fingerprint density at radius 1 is 0.846 bits per heavy atom. The zero-order valence-corrected chi connectivity index (χ0v) is 16.1. The van der Waals surface area contributed by atoms with E-state index in [9.17, 15) is 9.90 Å². The van der Waals surface area contributed by atoms with Crippen LogP contribution in [-0.4, -0.2) is 11.2 Å². The lowest BCUT2D eigenvalue weighted by atomic mass is 9.94. The number of carboxylic acid groups (broad SMARTS) is 1. The number of amides is 1. The summed E-state index contributed by atoms with van der Waals surface area (Å²) in [4.78, 5) is 13.5. The first-order valence-electron chi connectivity index (χ1n) is 9.87. The normalized spacial score (nSPS) is 10.7. The molecule has 1 N–H and O–H groups in total. The molecule has 0 aliphatic carbocycles. The maximum absolute atomic E-state index is 12.1. The van der Waals surface area contributed by atoms with E-state index in [1.165, 1.54) is 35.3 Å². The van der Waals surface area contributed by atoms with Crippen LogP contribution in [0.1, 0.15) is 63.5 Å².